The third-order valence-electron chi connectivity index (χ3n) is 5.40. The fourth-order valence-corrected chi connectivity index (χ4v) is 4.32. The molecule has 2 aromatic carbocycles. The van der Waals surface area contributed by atoms with Crippen LogP contribution in [0.25, 0.3) is 0 Å². The first-order valence-corrected chi connectivity index (χ1v) is 12.2. The highest BCUT2D eigenvalue weighted by atomic mass is 32.2. The molecule has 1 aliphatic rings. The SMILES string of the molecule is CN(C)S(=O)(=O)c1ccc(NC(=O)COC(=O)C2CCN(C(=O)Nc3ccccc3)CC2)cc1. The summed E-state index contributed by atoms with van der Waals surface area (Å²) in [6.07, 6.45) is 0.898. The molecule has 3 amide bonds. The van der Waals surface area contributed by atoms with Crippen LogP contribution in [0.4, 0.5) is 16.2 Å². The van der Waals surface area contributed by atoms with Crippen molar-refractivity contribution in [2.45, 2.75) is 17.7 Å². The third kappa shape index (κ3) is 6.55. The number of urea groups is 1. The van der Waals surface area contributed by atoms with Crippen molar-refractivity contribution in [1.82, 2.24) is 9.21 Å². The van der Waals surface area contributed by atoms with Crippen LogP contribution in [0.1, 0.15) is 12.8 Å². The average molecular weight is 489 g/mol. The lowest BCUT2D eigenvalue weighted by molar-refractivity contribution is -0.152. The number of benzene rings is 2. The first-order valence-electron chi connectivity index (χ1n) is 10.8. The van der Waals surface area contributed by atoms with Crippen molar-refractivity contribution in [3.8, 4) is 0 Å². The Morgan fingerprint density at radius 1 is 0.941 bits per heavy atom. The van der Waals surface area contributed by atoms with Crippen molar-refractivity contribution >= 4 is 39.3 Å². The first kappa shape index (κ1) is 25.2. The maximum atomic E-state index is 12.4. The predicted molar refractivity (Wildman–Crippen MR) is 127 cm³/mol. The van der Waals surface area contributed by atoms with E-state index in [4.69, 9.17) is 4.74 Å². The molecule has 3 rings (SSSR count). The summed E-state index contributed by atoms with van der Waals surface area (Å²) in [6, 6.07) is 14.6. The van der Waals surface area contributed by atoms with Crippen molar-refractivity contribution < 1.29 is 27.5 Å². The van der Waals surface area contributed by atoms with Gasteiger partial charge in [-0.3, -0.25) is 9.59 Å². The Bertz CT molecular complexity index is 1110. The smallest absolute Gasteiger partial charge is 0.321 e. The van der Waals surface area contributed by atoms with Gasteiger partial charge in [-0.15, -0.1) is 0 Å². The Morgan fingerprint density at radius 3 is 2.12 bits per heavy atom. The van der Waals surface area contributed by atoms with Crippen molar-refractivity contribution in [3.63, 3.8) is 0 Å². The van der Waals surface area contributed by atoms with E-state index in [2.05, 4.69) is 10.6 Å². The number of para-hydroxylation sites is 1. The second kappa shape index (κ2) is 11.1. The van der Waals surface area contributed by atoms with Gasteiger partial charge in [0.2, 0.25) is 10.0 Å². The minimum atomic E-state index is -3.56. The number of amides is 3. The molecule has 0 spiro atoms. The lowest BCUT2D eigenvalue weighted by Crippen LogP contribution is -2.43. The van der Waals surface area contributed by atoms with E-state index in [0.717, 1.165) is 4.31 Å². The van der Waals surface area contributed by atoms with Gasteiger partial charge >= 0.3 is 12.0 Å². The van der Waals surface area contributed by atoms with Crippen molar-refractivity contribution in [1.29, 1.82) is 0 Å². The Labute approximate surface area is 198 Å². The van der Waals surface area contributed by atoms with Crippen molar-refractivity contribution in [2.75, 3.05) is 44.4 Å². The normalized spacial score (nSPS) is 14.5. The van der Waals surface area contributed by atoms with Crippen LogP contribution in [-0.4, -0.2) is 69.3 Å². The number of nitrogens with zero attached hydrogens (tertiary/aromatic N) is 2. The van der Waals surface area contributed by atoms with Crippen LogP contribution in [0.15, 0.2) is 59.5 Å². The van der Waals surface area contributed by atoms with Gasteiger partial charge in [-0.2, -0.15) is 0 Å². The van der Waals surface area contributed by atoms with Crippen LogP contribution in [0.3, 0.4) is 0 Å². The molecule has 11 heteroatoms. The van der Waals surface area contributed by atoms with Crippen LogP contribution >= 0.6 is 0 Å². The predicted octanol–water partition coefficient (Wildman–Crippen LogP) is 2.36. The number of hydrogen-bond donors (Lipinski definition) is 2. The van der Waals surface area contributed by atoms with Crippen LogP contribution in [-0.2, 0) is 24.3 Å². The fourth-order valence-electron chi connectivity index (χ4n) is 3.41. The molecular weight excluding hydrogens is 460 g/mol. The largest absolute Gasteiger partial charge is 0.455 e. The molecule has 0 aromatic heterocycles. The van der Waals surface area contributed by atoms with Crippen molar-refractivity contribution in [3.05, 3.63) is 54.6 Å². The average Bonchev–Trinajstić information content (AvgIpc) is 2.83. The quantitative estimate of drug-likeness (QED) is 0.577. The van der Waals surface area contributed by atoms with E-state index in [1.807, 2.05) is 18.2 Å². The number of anilines is 2. The van der Waals surface area contributed by atoms with Gasteiger partial charge in [0.15, 0.2) is 6.61 Å². The number of hydrogen-bond acceptors (Lipinski definition) is 6. The third-order valence-corrected chi connectivity index (χ3v) is 7.23. The molecule has 34 heavy (non-hydrogen) atoms. The summed E-state index contributed by atoms with van der Waals surface area (Å²) in [5, 5.41) is 5.39. The summed E-state index contributed by atoms with van der Waals surface area (Å²) in [4.78, 5) is 38.6. The van der Waals surface area contributed by atoms with Crippen molar-refractivity contribution in [2.24, 2.45) is 5.92 Å². The van der Waals surface area contributed by atoms with E-state index in [1.54, 1.807) is 17.0 Å². The zero-order valence-corrected chi connectivity index (χ0v) is 19.9. The van der Waals surface area contributed by atoms with Gasteiger partial charge in [0.1, 0.15) is 0 Å². The Hall–Kier alpha value is -3.44. The molecule has 0 aliphatic carbocycles. The maximum Gasteiger partial charge on any atom is 0.321 e. The second-order valence-electron chi connectivity index (χ2n) is 8.03. The molecule has 0 atom stereocenters. The molecule has 1 heterocycles. The Balaban J connectivity index is 1.41. The topological polar surface area (TPSA) is 125 Å². The van der Waals surface area contributed by atoms with Gasteiger partial charge in [0.25, 0.3) is 5.91 Å². The fraction of sp³-hybridized carbons (Fsp3) is 0.348. The van der Waals surface area contributed by atoms with Gasteiger partial charge in [0.05, 0.1) is 10.8 Å². The highest BCUT2D eigenvalue weighted by molar-refractivity contribution is 7.89. The number of ether oxygens (including phenoxy) is 1. The number of nitrogens with one attached hydrogen (secondary N) is 2. The summed E-state index contributed by atoms with van der Waals surface area (Å²) in [7, 11) is -0.692. The molecule has 1 aliphatic heterocycles. The monoisotopic (exact) mass is 488 g/mol. The Morgan fingerprint density at radius 2 is 1.53 bits per heavy atom. The molecule has 0 bridgehead atoms. The zero-order chi connectivity index (χ0) is 24.7. The number of likely N-dealkylation sites (tertiary alicyclic amines) is 1. The summed E-state index contributed by atoms with van der Waals surface area (Å²) >= 11 is 0. The van der Waals surface area contributed by atoms with E-state index >= 15 is 0 Å². The molecule has 1 saturated heterocycles. The van der Waals surface area contributed by atoms with Gasteiger partial charge in [-0.05, 0) is 49.2 Å². The molecule has 10 nitrogen and oxygen atoms in total. The van der Waals surface area contributed by atoms with Gasteiger partial charge in [-0.1, -0.05) is 18.2 Å². The van der Waals surface area contributed by atoms with E-state index in [-0.39, 0.29) is 16.8 Å². The van der Waals surface area contributed by atoms with E-state index in [9.17, 15) is 22.8 Å². The molecule has 2 aromatic rings. The number of sulfonamides is 1. The minimum Gasteiger partial charge on any atom is -0.455 e. The molecule has 0 radical (unpaired) electrons. The van der Waals surface area contributed by atoms with Crippen LogP contribution < -0.4 is 10.6 Å². The first-order chi connectivity index (χ1) is 16.2. The van der Waals surface area contributed by atoms with Crippen LogP contribution in [0.5, 0.6) is 0 Å². The lowest BCUT2D eigenvalue weighted by atomic mass is 9.97. The van der Waals surface area contributed by atoms with E-state index in [0.29, 0.717) is 37.3 Å². The molecule has 2 N–H and O–H groups in total. The van der Waals surface area contributed by atoms with Gasteiger partial charge in [0, 0.05) is 38.6 Å². The molecular formula is C23H28N4O6S. The zero-order valence-electron chi connectivity index (χ0n) is 19.1. The number of carbonyl (C=O) groups excluding carboxylic acids is 3. The standard InChI is InChI=1S/C23H28N4O6S/c1-26(2)34(31,32)20-10-8-19(9-11-20)24-21(28)16-33-22(29)17-12-14-27(15-13-17)23(30)25-18-6-4-3-5-7-18/h3-11,17H,12-16H2,1-2H3,(H,24,28)(H,25,30). The maximum absolute atomic E-state index is 12.4. The van der Waals surface area contributed by atoms with Crippen LogP contribution in [0, 0.1) is 5.92 Å². The molecule has 1 fully saturated rings. The van der Waals surface area contributed by atoms with E-state index in [1.165, 1.54) is 38.4 Å². The number of rotatable bonds is 7. The summed E-state index contributed by atoms with van der Waals surface area (Å²) in [5.74, 6) is -1.40. The number of piperidine rings is 1. The molecule has 0 unspecified atom stereocenters. The van der Waals surface area contributed by atoms with E-state index < -0.39 is 28.5 Å². The molecule has 182 valence electrons. The highest BCUT2D eigenvalue weighted by Gasteiger charge is 2.29. The second-order valence-corrected chi connectivity index (χ2v) is 10.2. The van der Waals surface area contributed by atoms with Gasteiger partial charge in [-0.25, -0.2) is 17.5 Å². The Kier molecular flexibility index (Phi) is 8.24. The lowest BCUT2D eigenvalue weighted by Gasteiger charge is -2.30. The van der Waals surface area contributed by atoms with Gasteiger partial charge < -0.3 is 20.3 Å². The molecule has 0 saturated carbocycles. The summed E-state index contributed by atoms with van der Waals surface area (Å²) in [5.41, 5.74) is 1.09. The number of esters is 1. The van der Waals surface area contributed by atoms with Crippen LogP contribution in [0.2, 0.25) is 0 Å². The summed E-state index contributed by atoms with van der Waals surface area (Å²) < 4.78 is 30.4. The minimum absolute atomic E-state index is 0.103. The summed E-state index contributed by atoms with van der Waals surface area (Å²) in [6.45, 7) is 0.366. The highest BCUT2D eigenvalue weighted by Crippen LogP contribution is 2.20. The number of carbonyl (C=O) groups is 3.